The molecule has 0 bridgehead atoms. The molecule has 0 unspecified atom stereocenters. The molecule has 2 heteroatoms. The van der Waals surface area contributed by atoms with E-state index < -0.39 is 0 Å². The van der Waals surface area contributed by atoms with Crippen LogP contribution < -0.4 is 0 Å². The molecule has 0 aliphatic carbocycles. The topological polar surface area (TPSA) is 29.4 Å². The van der Waals surface area contributed by atoms with Crippen molar-refractivity contribution >= 4 is 0 Å². The van der Waals surface area contributed by atoms with Crippen molar-refractivity contribution in [3.05, 3.63) is 28.8 Å². The van der Waals surface area contributed by atoms with Crippen LogP contribution in [-0.2, 0) is 0 Å². The Balaban J connectivity index is 3.64. The van der Waals surface area contributed by atoms with Crippen molar-refractivity contribution in [2.75, 3.05) is 0 Å². The third-order valence-electron chi connectivity index (χ3n) is 1.58. The van der Waals surface area contributed by atoms with E-state index in [1.54, 1.807) is 6.08 Å². The third-order valence-corrected chi connectivity index (χ3v) is 1.58. The van der Waals surface area contributed by atoms with Gasteiger partial charge in [-0.2, -0.15) is 0 Å². The molecule has 0 aromatic rings. The molecule has 0 aromatic heterocycles. The Morgan fingerprint density at radius 3 is 2.92 bits per heavy atom. The van der Waals surface area contributed by atoms with Gasteiger partial charge < -0.3 is 0 Å². The van der Waals surface area contributed by atoms with Crippen LogP contribution in [0.4, 0.5) is 0 Å². The summed E-state index contributed by atoms with van der Waals surface area (Å²) in [5.41, 5.74) is 1.25. The molecule has 70 valence electrons. The van der Waals surface area contributed by atoms with E-state index in [1.807, 2.05) is 19.9 Å². The molecule has 0 fully saturated rings. The van der Waals surface area contributed by atoms with E-state index in [0.29, 0.717) is 0 Å². The average Bonchev–Trinajstić information content (AvgIpc) is 2.13. The Morgan fingerprint density at radius 2 is 2.31 bits per heavy atom. The predicted molar refractivity (Wildman–Crippen MR) is 56.0 cm³/mol. The van der Waals surface area contributed by atoms with E-state index >= 15 is 0 Å². The zero-order valence-corrected chi connectivity index (χ0v) is 8.21. The van der Waals surface area contributed by atoms with Crippen molar-refractivity contribution in [2.45, 2.75) is 33.1 Å². The van der Waals surface area contributed by atoms with E-state index in [4.69, 9.17) is 0 Å². The largest absolute Gasteiger partial charge is 0.145 e. The van der Waals surface area contributed by atoms with E-state index in [1.165, 1.54) is 11.8 Å². The summed E-state index contributed by atoms with van der Waals surface area (Å²) >= 11 is 0. The molecule has 0 radical (unpaired) electrons. The molecule has 0 saturated carbocycles. The Morgan fingerprint density at radius 1 is 1.54 bits per heavy atom. The summed E-state index contributed by atoms with van der Waals surface area (Å²) in [6, 6.07) is 0. The fourth-order valence-electron chi connectivity index (χ4n) is 0.906. The monoisotopic (exact) mass is 177 g/mol. The molecule has 0 aliphatic heterocycles. The summed E-state index contributed by atoms with van der Waals surface area (Å²) in [5, 5.41) is 2.62. The van der Waals surface area contributed by atoms with Gasteiger partial charge in [0.2, 0.25) is 0 Å². The zero-order chi connectivity index (χ0) is 9.94. The fraction of sp³-hybridized carbons (Fsp3) is 0.455. The van der Waals surface area contributed by atoms with Crippen LogP contribution in [0.25, 0.3) is 0 Å². The first-order valence-corrected chi connectivity index (χ1v) is 4.35. The molecular formula is C11H15NO. The van der Waals surface area contributed by atoms with Crippen LogP contribution in [-0.4, -0.2) is 0 Å². The van der Waals surface area contributed by atoms with Crippen molar-refractivity contribution in [3.63, 3.8) is 0 Å². The van der Waals surface area contributed by atoms with Crippen LogP contribution in [0.1, 0.15) is 33.1 Å². The summed E-state index contributed by atoms with van der Waals surface area (Å²) in [5.74, 6) is 5.86. The highest BCUT2D eigenvalue weighted by molar-refractivity contribution is 5.10. The van der Waals surface area contributed by atoms with Gasteiger partial charge in [-0.1, -0.05) is 11.6 Å². The van der Waals surface area contributed by atoms with Gasteiger partial charge in [0.15, 0.2) is 0 Å². The molecule has 0 amide bonds. The standard InChI is InChI=1S/C11H15NO/c1-3-4-5-6-8-11(2)9-7-10-12-13/h7,9-10H,5-6,8H2,1-2H3/b10-7+,11-9-. The molecule has 0 heterocycles. The van der Waals surface area contributed by atoms with Gasteiger partial charge in [-0.3, -0.25) is 0 Å². The first-order chi connectivity index (χ1) is 6.31. The van der Waals surface area contributed by atoms with E-state index in [-0.39, 0.29) is 0 Å². The van der Waals surface area contributed by atoms with Crippen LogP contribution in [0.15, 0.2) is 29.1 Å². The third kappa shape index (κ3) is 8.55. The van der Waals surface area contributed by atoms with Gasteiger partial charge in [0.1, 0.15) is 0 Å². The summed E-state index contributed by atoms with van der Waals surface area (Å²) < 4.78 is 0. The van der Waals surface area contributed by atoms with Crippen LogP contribution in [0.2, 0.25) is 0 Å². The van der Waals surface area contributed by atoms with Gasteiger partial charge in [-0.05, 0) is 37.9 Å². The van der Waals surface area contributed by atoms with E-state index in [2.05, 4.69) is 17.0 Å². The number of hydrogen-bond donors (Lipinski definition) is 0. The average molecular weight is 177 g/mol. The van der Waals surface area contributed by atoms with Crippen molar-refractivity contribution < 1.29 is 0 Å². The zero-order valence-electron chi connectivity index (χ0n) is 8.21. The van der Waals surface area contributed by atoms with Crippen molar-refractivity contribution in [1.29, 1.82) is 0 Å². The molecule has 2 nitrogen and oxygen atoms in total. The molecule has 13 heavy (non-hydrogen) atoms. The number of nitrogens with zero attached hydrogens (tertiary/aromatic N) is 1. The maximum absolute atomic E-state index is 9.70. The maximum atomic E-state index is 9.70. The Hall–Kier alpha value is -1.36. The first kappa shape index (κ1) is 11.6. The van der Waals surface area contributed by atoms with Gasteiger partial charge in [-0.15, -0.1) is 16.7 Å². The minimum Gasteiger partial charge on any atom is -0.145 e. The van der Waals surface area contributed by atoms with Crippen LogP contribution in [0, 0.1) is 16.7 Å². The Kier molecular flexibility index (Phi) is 7.82. The van der Waals surface area contributed by atoms with Crippen molar-refractivity contribution in [2.24, 2.45) is 5.18 Å². The Bertz CT molecular complexity index is 253. The fourth-order valence-corrected chi connectivity index (χ4v) is 0.906. The number of allylic oxidation sites excluding steroid dienone is 3. The minimum atomic E-state index is 0.942. The summed E-state index contributed by atoms with van der Waals surface area (Å²) in [7, 11) is 0. The molecule has 0 rings (SSSR count). The lowest BCUT2D eigenvalue weighted by atomic mass is 10.1. The van der Waals surface area contributed by atoms with Crippen LogP contribution in [0.3, 0.4) is 0 Å². The predicted octanol–water partition coefficient (Wildman–Crippen LogP) is 3.41. The number of unbranched alkanes of at least 4 members (excludes halogenated alkanes) is 1. The van der Waals surface area contributed by atoms with Crippen molar-refractivity contribution in [1.82, 2.24) is 0 Å². The highest BCUT2D eigenvalue weighted by Gasteiger charge is 1.87. The highest BCUT2D eigenvalue weighted by Crippen LogP contribution is 2.05. The molecule has 0 saturated heterocycles. The molecule has 0 aromatic carbocycles. The second kappa shape index (κ2) is 8.73. The highest BCUT2D eigenvalue weighted by atomic mass is 16.2. The normalized spacial score (nSPS) is 11.1. The molecule has 0 atom stereocenters. The lowest BCUT2D eigenvalue weighted by Crippen LogP contribution is -1.76. The van der Waals surface area contributed by atoms with Crippen LogP contribution >= 0.6 is 0 Å². The van der Waals surface area contributed by atoms with Gasteiger partial charge >= 0.3 is 0 Å². The van der Waals surface area contributed by atoms with Crippen LogP contribution in [0.5, 0.6) is 0 Å². The SMILES string of the molecule is CC#CCCC/C(C)=C\C=C\N=O. The Labute approximate surface area is 79.7 Å². The molecule has 0 N–H and O–H groups in total. The molecule has 0 spiro atoms. The van der Waals surface area contributed by atoms with E-state index in [0.717, 1.165) is 19.3 Å². The maximum Gasteiger partial charge on any atom is 0.0714 e. The first-order valence-electron chi connectivity index (χ1n) is 4.35. The number of rotatable bonds is 5. The number of hydrogen-bond acceptors (Lipinski definition) is 2. The summed E-state index contributed by atoms with van der Waals surface area (Å²) in [6.07, 6.45) is 7.85. The molecular weight excluding hydrogens is 162 g/mol. The smallest absolute Gasteiger partial charge is 0.0714 e. The lowest BCUT2D eigenvalue weighted by molar-refractivity contribution is 0.846. The van der Waals surface area contributed by atoms with Gasteiger partial charge in [0.25, 0.3) is 0 Å². The summed E-state index contributed by atoms with van der Waals surface area (Å²) in [6.45, 7) is 3.88. The van der Waals surface area contributed by atoms with Gasteiger partial charge in [0, 0.05) is 6.42 Å². The van der Waals surface area contributed by atoms with Gasteiger partial charge in [-0.25, -0.2) is 0 Å². The minimum absolute atomic E-state index is 0.942. The quantitative estimate of drug-likeness (QED) is 0.274. The lowest BCUT2D eigenvalue weighted by Gasteiger charge is -1.95. The van der Waals surface area contributed by atoms with Gasteiger partial charge in [0.05, 0.1) is 6.20 Å². The van der Waals surface area contributed by atoms with Crippen molar-refractivity contribution in [3.8, 4) is 11.8 Å². The van der Waals surface area contributed by atoms with E-state index in [9.17, 15) is 4.91 Å². The second-order valence-electron chi connectivity index (χ2n) is 2.74. The summed E-state index contributed by atoms with van der Waals surface area (Å²) in [4.78, 5) is 9.70. The number of nitroso groups, excluding NO2 is 1. The molecule has 0 aliphatic rings. The second-order valence-corrected chi connectivity index (χ2v) is 2.74.